The zero-order valence-electron chi connectivity index (χ0n) is 11.2. The first-order valence-corrected chi connectivity index (χ1v) is 7.00. The molecular weight excluding hydrogens is 240 g/mol. The molecule has 1 aliphatic carbocycles. The lowest BCUT2D eigenvalue weighted by Crippen LogP contribution is -2.29. The smallest absolute Gasteiger partial charge is 0.233 e. The van der Waals surface area contributed by atoms with Gasteiger partial charge >= 0.3 is 0 Å². The Hall–Kier alpha value is -1.39. The van der Waals surface area contributed by atoms with Crippen LogP contribution in [0.25, 0.3) is 0 Å². The van der Waals surface area contributed by atoms with Gasteiger partial charge in [0.05, 0.1) is 6.10 Å². The zero-order chi connectivity index (χ0) is 13.5. The van der Waals surface area contributed by atoms with Crippen molar-refractivity contribution < 1.29 is 9.53 Å². The minimum Gasteiger partial charge on any atom is -0.374 e. The van der Waals surface area contributed by atoms with Gasteiger partial charge in [-0.3, -0.25) is 10.2 Å². The summed E-state index contributed by atoms with van der Waals surface area (Å²) >= 11 is 0. The summed E-state index contributed by atoms with van der Waals surface area (Å²) in [6, 6.07) is 8.52. The van der Waals surface area contributed by atoms with Gasteiger partial charge in [0.1, 0.15) is 0 Å². The third-order valence-corrected chi connectivity index (χ3v) is 3.59. The van der Waals surface area contributed by atoms with Crippen molar-refractivity contribution in [3.8, 4) is 0 Å². The van der Waals surface area contributed by atoms with Crippen LogP contribution in [0.5, 0.6) is 0 Å². The average Bonchev–Trinajstić information content (AvgIpc) is 2.46. The molecule has 0 saturated carbocycles. The molecule has 1 atom stereocenters. The number of carbonyl (C=O) groups is 1. The Morgan fingerprint density at radius 2 is 2.21 bits per heavy atom. The third-order valence-electron chi connectivity index (χ3n) is 3.59. The van der Waals surface area contributed by atoms with Gasteiger partial charge in [0.15, 0.2) is 0 Å². The number of benzene rings is 1. The molecule has 4 heteroatoms. The molecule has 0 saturated heterocycles. The van der Waals surface area contributed by atoms with E-state index < -0.39 is 0 Å². The maximum atomic E-state index is 11.0. The number of rotatable bonds is 6. The second-order valence-corrected chi connectivity index (χ2v) is 4.98. The summed E-state index contributed by atoms with van der Waals surface area (Å²) in [5.74, 6) is 4.92. The molecule has 1 aromatic carbocycles. The van der Waals surface area contributed by atoms with E-state index in [-0.39, 0.29) is 12.0 Å². The summed E-state index contributed by atoms with van der Waals surface area (Å²) in [6.45, 7) is 0.705. The highest BCUT2D eigenvalue weighted by Gasteiger charge is 2.19. The number of ether oxygens (including phenoxy) is 1. The Kier molecular flexibility index (Phi) is 5.36. The molecule has 1 aliphatic rings. The van der Waals surface area contributed by atoms with Crippen LogP contribution in [0.1, 0.15) is 49.3 Å². The number of hydrogen-bond acceptors (Lipinski definition) is 3. The lowest BCUT2D eigenvalue weighted by molar-refractivity contribution is -0.121. The molecule has 0 fully saturated rings. The van der Waals surface area contributed by atoms with Gasteiger partial charge in [-0.05, 0) is 43.2 Å². The van der Waals surface area contributed by atoms with E-state index in [2.05, 4.69) is 29.7 Å². The predicted octanol–water partition coefficient (Wildman–Crippen LogP) is 2.24. The minimum atomic E-state index is -0.108. The average molecular weight is 262 g/mol. The van der Waals surface area contributed by atoms with Crippen molar-refractivity contribution in [3.63, 3.8) is 0 Å². The fourth-order valence-corrected chi connectivity index (χ4v) is 2.57. The lowest BCUT2D eigenvalue weighted by atomic mass is 9.89. The molecule has 2 rings (SSSR count). The Bertz CT molecular complexity index is 420. The fraction of sp³-hybridized carbons (Fsp3) is 0.533. The summed E-state index contributed by atoms with van der Waals surface area (Å²) in [7, 11) is 0. The van der Waals surface area contributed by atoms with Crippen molar-refractivity contribution in [2.75, 3.05) is 6.61 Å². The van der Waals surface area contributed by atoms with Gasteiger partial charge in [0, 0.05) is 13.0 Å². The molecule has 1 amide bonds. The van der Waals surface area contributed by atoms with E-state index >= 15 is 0 Å². The SMILES string of the molecule is NNC(=O)CCCCOC1CCCc2ccccc21. The molecule has 0 radical (unpaired) electrons. The van der Waals surface area contributed by atoms with E-state index in [0.29, 0.717) is 13.0 Å². The third kappa shape index (κ3) is 4.04. The van der Waals surface area contributed by atoms with Crippen LogP contribution in [0.15, 0.2) is 24.3 Å². The maximum Gasteiger partial charge on any atom is 0.233 e. The zero-order valence-corrected chi connectivity index (χ0v) is 11.2. The Balaban J connectivity index is 1.74. The molecule has 0 aliphatic heterocycles. The first kappa shape index (κ1) is 14.0. The quantitative estimate of drug-likeness (QED) is 0.358. The predicted molar refractivity (Wildman–Crippen MR) is 74.3 cm³/mol. The van der Waals surface area contributed by atoms with E-state index in [4.69, 9.17) is 10.6 Å². The van der Waals surface area contributed by atoms with Gasteiger partial charge in [-0.1, -0.05) is 24.3 Å². The van der Waals surface area contributed by atoms with Crippen molar-refractivity contribution in [1.82, 2.24) is 5.43 Å². The van der Waals surface area contributed by atoms with Crippen molar-refractivity contribution >= 4 is 5.91 Å². The summed E-state index contributed by atoms with van der Waals surface area (Å²) in [6.07, 6.45) is 5.86. The van der Waals surface area contributed by atoms with Crippen LogP contribution in [-0.4, -0.2) is 12.5 Å². The molecule has 0 spiro atoms. The monoisotopic (exact) mass is 262 g/mol. The lowest BCUT2D eigenvalue weighted by Gasteiger charge is -2.25. The fourth-order valence-electron chi connectivity index (χ4n) is 2.57. The van der Waals surface area contributed by atoms with Gasteiger partial charge in [-0.15, -0.1) is 0 Å². The molecule has 1 aromatic rings. The number of amides is 1. The van der Waals surface area contributed by atoms with Crippen LogP contribution in [-0.2, 0) is 16.0 Å². The normalized spacial score (nSPS) is 17.8. The van der Waals surface area contributed by atoms with Crippen molar-refractivity contribution in [1.29, 1.82) is 0 Å². The molecule has 1 unspecified atom stereocenters. The molecule has 0 aromatic heterocycles. The van der Waals surface area contributed by atoms with Crippen molar-refractivity contribution in [2.24, 2.45) is 5.84 Å². The standard InChI is InChI=1S/C15H22N2O2/c16-17-15(18)10-3-4-11-19-14-9-5-7-12-6-1-2-8-13(12)14/h1-2,6,8,14H,3-5,7,9-11,16H2,(H,17,18). The summed E-state index contributed by atoms with van der Waals surface area (Å²) < 4.78 is 5.96. The van der Waals surface area contributed by atoms with E-state index in [1.54, 1.807) is 0 Å². The van der Waals surface area contributed by atoms with E-state index in [9.17, 15) is 4.79 Å². The number of unbranched alkanes of at least 4 members (excludes halogenated alkanes) is 1. The topological polar surface area (TPSA) is 64.3 Å². The van der Waals surface area contributed by atoms with Crippen molar-refractivity contribution in [3.05, 3.63) is 35.4 Å². The second-order valence-electron chi connectivity index (χ2n) is 4.98. The highest BCUT2D eigenvalue weighted by Crippen LogP contribution is 2.32. The van der Waals surface area contributed by atoms with Crippen molar-refractivity contribution in [2.45, 2.75) is 44.6 Å². The molecule has 4 nitrogen and oxygen atoms in total. The van der Waals surface area contributed by atoms with Gasteiger partial charge in [0.2, 0.25) is 5.91 Å². The van der Waals surface area contributed by atoms with Crippen LogP contribution >= 0.6 is 0 Å². The largest absolute Gasteiger partial charge is 0.374 e. The number of nitrogens with two attached hydrogens (primary N) is 1. The first-order valence-electron chi connectivity index (χ1n) is 7.00. The molecular formula is C15H22N2O2. The van der Waals surface area contributed by atoms with E-state index in [0.717, 1.165) is 25.7 Å². The van der Waals surface area contributed by atoms with Gasteiger partial charge < -0.3 is 4.74 Å². The number of aryl methyl sites for hydroxylation is 1. The Labute approximate surface area is 114 Å². The number of fused-ring (bicyclic) bond motifs is 1. The number of nitrogens with one attached hydrogen (secondary N) is 1. The second kappa shape index (κ2) is 7.26. The number of hydrogen-bond donors (Lipinski definition) is 2. The van der Waals surface area contributed by atoms with E-state index in [1.807, 2.05) is 0 Å². The molecule has 104 valence electrons. The Morgan fingerprint density at radius 3 is 3.05 bits per heavy atom. The minimum absolute atomic E-state index is 0.108. The van der Waals surface area contributed by atoms with Gasteiger partial charge in [-0.25, -0.2) is 5.84 Å². The Morgan fingerprint density at radius 1 is 1.37 bits per heavy atom. The number of hydrazine groups is 1. The highest BCUT2D eigenvalue weighted by molar-refractivity contribution is 5.75. The van der Waals surface area contributed by atoms with Gasteiger partial charge in [-0.2, -0.15) is 0 Å². The molecule has 0 bridgehead atoms. The maximum absolute atomic E-state index is 11.0. The van der Waals surface area contributed by atoms with Gasteiger partial charge in [0.25, 0.3) is 0 Å². The van der Waals surface area contributed by atoms with Crippen LogP contribution < -0.4 is 11.3 Å². The molecule has 19 heavy (non-hydrogen) atoms. The summed E-state index contributed by atoms with van der Waals surface area (Å²) in [5, 5.41) is 0. The van der Waals surface area contributed by atoms with Crippen LogP contribution in [0.4, 0.5) is 0 Å². The summed E-state index contributed by atoms with van der Waals surface area (Å²) in [4.78, 5) is 11.0. The van der Waals surface area contributed by atoms with E-state index in [1.165, 1.54) is 17.5 Å². The van der Waals surface area contributed by atoms with Crippen LogP contribution in [0, 0.1) is 0 Å². The first-order chi connectivity index (χ1) is 9.31. The molecule has 3 N–H and O–H groups in total. The molecule has 0 heterocycles. The van der Waals surface area contributed by atoms with Crippen LogP contribution in [0.3, 0.4) is 0 Å². The highest BCUT2D eigenvalue weighted by atomic mass is 16.5. The van der Waals surface area contributed by atoms with Crippen LogP contribution in [0.2, 0.25) is 0 Å². The number of carbonyl (C=O) groups excluding carboxylic acids is 1. The summed E-state index contributed by atoms with van der Waals surface area (Å²) in [5.41, 5.74) is 4.90.